The van der Waals surface area contributed by atoms with Crippen molar-refractivity contribution in [1.29, 1.82) is 0 Å². The minimum atomic E-state index is -0.430. The third-order valence-corrected chi connectivity index (χ3v) is 3.26. The van der Waals surface area contributed by atoms with Gasteiger partial charge in [0, 0.05) is 19.7 Å². The maximum Gasteiger partial charge on any atom is 0.0917 e. The standard InChI is InChI=1S/C16H27NO2/c1-5-17(7-8-19-6-2)12-16(18)15-10-13(3)9-14(4)11-15/h9-11,16,18H,5-8,12H2,1-4H3. The van der Waals surface area contributed by atoms with Gasteiger partial charge in [0.1, 0.15) is 0 Å². The first-order chi connectivity index (χ1) is 9.06. The fourth-order valence-electron chi connectivity index (χ4n) is 2.27. The zero-order valence-corrected chi connectivity index (χ0v) is 12.6. The predicted molar refractivity (Wildman–Crippen MR) is 79.5 cm³/mol. The van der Waals surface area contributed by atoms with Gasteiger partial charge in [-0.15, -0.1) is 0 Å². The van der Waals surface area contributed by atoms with Crippen LogP contribution in [-0.2, 0) is 4.74 Å². The SMILES string of the molecule is CCOCCN(CC)CC(O)c1cc(C)cc(C)c1. The Morgan fingerprint density at radius 3 is 2.32 bits per heavy atom. The van der Waals surface area contributed by atoms with Crippen molar-refractivity contribution in [3.8, 4) is 0 Å². The molecule has 3 nitrogen and oxygen atoms in total. The van der Waals surface area contributed by atoms with Crippen LogP contribution in [0, 0.1) is 13.8 Å². The lowest BCUT2D eigenvalue weighted by Gasteiger charge is -2.24. The van der Waals surface area contributed by atoms with E-state index >= 15 is 0 Å². The van der Waals surface area contributed by atoms with Crippen molar-refractivity contribution in [1.82, 2.24) is 4.90 Å². The van der Waals surface area contributed by atoms with E-state index in [1.165, 1.54) is 11.1 Å². The molecule has 0 saturated carbocycles. The van der Waals surface area contributed by atoms with Crippen LogP contribution in [0.2, 0.25) is 0 Å². The summed E-state index contributed by atoms with van der Waals surface area (Å²) in [6, 6.07) is 6.25. The largest absolute Gasteiger partial charge is 0.387 e. The minimum absolute atomic E-state index is 0.430. The molecular weight excluding hydrogens is 238 g/mol. The van der Waals surface area contributed by atoms with Crippen molar-refractivity contribution in [2.24, 2.45) is 0 Å². The summed E-state index contributed by atoms with van der Waals surface area (Å²) >= 11 is 0. The molecule has 3 heteroatoms. The summed E-state index contributed by atoms with van der Waals surface area (Å²) < 4.78 is 5.37. The molecule has 19 heavy (non-hydrogen) atoms. The van der Waals surface area contributed by atoms with Crippen molar-refractivity contribution in [3.63, 3.8) is 0 Å². The Labute approximate surface area is 117 Å². The lowest BCUT2D eigenvalue weighted by atomic mass is 10.0. The van der Waals surface area contributed by atoms with Gasteiger partial charge in [-0.3, -0.25) is 4.90 Å². The molecule has 1 unspecified atom stereocenters. The number of ether oxygens (including phenoxy) is 1. The maximum atomic E-state index is 10.3. The lowest BCUT2D eigenvalue weighted by molar-refractivity contribution is 0.0792. The topological polar surface area (TPSA) is 32.7 Å². The second-order valence-electron chi connectivity index (χ2n) is 5.03. The Kier molecular flexibility index (Phi) is 7.06. The molecule has 0 aliphatic carbocycles. The van der Waals surface area contributed by atoms with Gasteiger partial charge in [-0.1, -0.05) is 36.2 Å². The fourth-order valence-corrected chi connectivity index (χ4v) is 2.27. The number of aryl methyl sites for hydroxylation is 2. The third-order valence-electron chi connectivity index (χ3n) is 3.26. The second kappa shape index (κ2) is 8.31. The summed E-state index contributed by atoms with van der Waals surface area (Å²) in [6.07, 6.45) is -0.430. The third kappa shape index (κ3) is 5.72. The van der Waals surface area contributed by atoms with Crippen LogP contribution in [0.15, 0.2) is 18.2 Å². The van der Waals surface area contributed by atoms with Crippen LogP contribution in [0.25, 0.3) is 0 Å². The van der Waals surface area contributed by atoms with E-state index in [9.17, 15) is 5.11 Å². The molecule has 1 rings (SSSR count). The molecule has 1 aromatic rings. The van der Waals surface area contributed by atoms with Crippen LogP contribution in [0.5, 0.6) is 0 Å². The van der Waals surface area contributed by atoms with E-state index in [4.69, 9.17) is 4.74 Å². The molecular formula is C16H27NO2. The van der Waals surface area contributed by atoms with Crippen molar-refractivity contribution in [2.75, 3.05) is 32.8 Å². The molecule has 0 aliphatic rings. The van der Waals surface area contributed by atoms with Crippen LogP contribution >= 0.6 is 0 Å². The van der Waals surface area contributed by atoms with Gasteiger partial charge in [0.05, 0.1) is 12.7 Å². The number of likely N-dealkylation sites (N-methyl/N-ethyl adjacent to an activating group) is 1. The Hall–Kier alpha value is -0.900. The number of aliphatic hydroxyl groups excluding tert-OH is 1. The number of rotatable bonds is 8. The number of nitrogens with zero attached hydrogens (tertiary/aromatic N) is 1. The van der Waals surface area contributed by atoms with Gasteiger partial charge in [0.25, 0.3) is 0 Å². The van der Waals surface area contributed by atoms with Gasteiger partial charge in [-0.05, 0) is 32.9 Å². The van der Waals surface area contributed by atoms with Crippen molar-refractivity contribution in [2.45, 2.75) is 33.8 Å². The van der Waals surface area contributed by atoms with Gasteiger partial charge in [0.15, 0.2) is 0 Å². The van der Waals surface area contributed by atoms with Crippen LogP contribution in [0.1, 0.15) is 36.6 Å². The molecule has 0 spiro atoms. The van der Waals surface area contributed by atoms with E-state index in [1.54, 1.807) is 0 Å². The molecule has 0 heterocycles. The molecule has 0 amide bonds. The quantitative estimate of drug-likeness (QED) is 0.734. The van der Waals surface area contributed by atoms with E-state index in [0.717, 1.165) is 31.9 Å². The molecule has 0 saturated heterocycles. The highest BCUT2D eigenvalue weighted by Gasteiger charge is 2.13. The average Bonchev–Trinajstić information content (AvgIpc) is 2.36. The first-order valence-corrected chi connectivity index (χ1v) is 7.13. The van der Waals surface area contributed by atoms with Gasteiger partial charge in [0.2, 0.25) is 0 Å². The van der Waals surface area contributed by atoms with Gasteiger partial charge in [-0.25, -0.2) is 0 Å². The van der Waals surface area contributed by atoms with Crippen LogP contribution in [-0.4, -0.2) is 42.9 Å². The Balaban J connectivity index is 2.58. The average molecular weight is 265 g/mol. The smallest absolute Gasteiger partial charge is 0.0917 e. The highest BCUT2D eigenvalue weighted by atomic mass is 16.5. The molecule has 0 fully saturated rings. The number of aliphatic hydroxyl groups is 1. The highest BCUT2D eigenvalue weighted by Crippen LogP contribution is 2.18. The lowest BCUT2D eigenvalue weighted by Crippen LogP contribution is -2.31. The van der Waals surface area contributed by atoms with E-state index in [-0.39, 0.29) is 0 Å². The zero-order chi connectivity index (χ0) is 14.3. The summed E-state index contributed by atoms with van der Waals surface area (Å²) in [6.45, 7) is 12.2. The summed E-state index contributed by atoms with van der Waals surface area (Å²) in [4.78, 5) is 2.22. The van der Waals surface area contributed by atoms with Gasteiger partial charge in [-0.2, -0.15) is 0 Å². The molecule has 1 atom stereocenters. The normalized spacial score (nSPS) is 12.9. The first-order valence-electron chi connectivity index (χ1n) is 7.13. The van der Waals surface area contributed by atoms with Gasteiger partial charge >= 0.3 is 0 Å². The number of hydrogen-bond acceptors (Lipinski definition) is 3. The molecule has 1 N–H and O–H groups in total. The molecule has 0 aromatic heterocycles. The monoisotopic (exact) mass is 265 g/mol. The molecule has 0 bridgehead atoms. The molecule has 0 aliphatic heterocycles. The van der Waals surface area contributed by atoms with E-state index in [1.807, 2.05) is 6.92 Å². The van der Waals surface area contributed by atoms with E-state index in [0.29, 0.717) is 6.54 Å². The van der Waals surface area contributed by atoms with Crippen LogP contribution in [0.3, 0.4) is 0 Å². The molecule has 1 aromatic carbocycles. The summed E-state index contributed by atoms with van der Waals surface area (Å²) in [7, 11) is 0. The summed E-state index contributed by atoms with van der Waals surface area (Å²) in [5, 5.41) is 10.3. The van der Waals surface area contributed by atoms with E-state index in [2.05, 4.69) is 43.9 Å². The van der Waals surface area contributed by atoms with Crippen LogP contribution < -0.4 is 0 Å². The fraction of sp³-hybridized carbons (Fsp3) is 0.625. The molecule has 0 radical (unpaired) electrons. The Bertz CT molecular complexity index is 359. The Morgan fingerprint density at radius 2 is 1.79 bits per heavy atom. The van der Waals surface area contributed by atoms with Crippen molar-refractivity contribution in [3.05, 3.63) is 34.9 Å². The number of benzene rings is 1. The van der Waals surface area contributed by atoms with Crippen LogP contribution in [0.4, 0.5) is 0 Å². The minimum Gasteiger partial charge on any atom is -0.387 e. The van der Waals surface area contributed by atoms with E-state index < -0.39 is 6.10 Å². The predicted octanol–water partition coefficient (Wildman–Crippen LogP) is 2.70. The van der Waals surface area contributed by atoms with Gasteiger partial charge < -0.3 is 9.84 Å². The van der Waals surface area contributed by atoms with Crippen molar-refractivity contribution >= 4 is 0 Å². The van der Waals surface area contributed by atoms with Crippen molar-refractivity contribution < 1.29 is 9.84 Å². The zero-order valence-electron chi connectivity index (χ0n) is 12.6. The molecule has 108 valence electrons. The maximum absolute atomic E-state index is 10.3. The number of hydrogen-bond donors (Lipinski definition) is 1. The Morgan fingerprint density at radius 1 is 1.16 bits per heavy atom. The second-order valence-corrected chi connectivity index (χ2v) is 5.03. The summed E-state index contributed by atoms with van der Waals surface area (Å²) in [5.74, 6) is 0. The first kappa shape index (κ1) is 16.2. The summed E-state index contributed by atoms with van der Waals surface area (Å²) in [5.41, 5.74) is 3.41. The highest BCUT2D eigenvalue weighted by molar-refractivity contribution is 5.30.